The van der Waals surface area contributed by atoms with E-state index >= 15 is 0 Å². The van der Waals surface area contributed by atoms with E-state index in [1.54, 1.807) is 0 Å². The fourth-order valence-corrected chi connectivity index (χ4v) is 3.02. The summed E-state index contributed by atoms with van der Waals surface area (Å²) < 4.78 is 19.7. The molecule has 0 atom stereocenters. The van der Waals surface area contributed by atoms with E-state index < -0.39 is 36.5 Å². The van der Waals surface area contributed by atoms with Gasteiger partial charge in [-0.1, -0.05) is 91.0 Å². The van der Waals surface area contributed by atoms with E-state index in [4.69, 9.17) is 24.1 Å². The first-order chi connectivity index (χ1) is 19.8. The van der Waals surface area contributed by atoms with Crippen molar-refractivity contribution in [3.8, 4) is 0 Å². The minimum atomic E-state index is -0.994. The maximum absolute atomic E-state index is 11.6. The summed E-state index contributed by atoms with van der Waals surface area (Å²) in [6.45, 7) is -0.0202. The van der Waals surface area contributed by atoms with Gasteiger partial charge in [0.1, 0.15) is 19.8 Å². The second-order valence-corrected chi connectivity index (χ2v) is 8.49. The molecule has 3 rings (SSSR count). The Bertz CT molecular complexity index is 1170. The van der Waals surface area contributed by atoms with Crippen LogP contribution in [0, 0.1) is 0 Å². The Kier molecular flexibility index (Phi) is 15.0. The van der Waals surface area contributed by atoms with Crippen LogP contribution in [0.3, 0.4) is 0 Å². The van der Waals surface area contributed by atoms with E-state index in [1.807, 2.05) is 91.0 Å². The van der Waals surface area contributed by atoms with Crippen molar-refractivity contribution in [3.63, 3.8) is 0 Å². The third-order valence-corrected chi connectivity index (χ3v) is 5.16. The lowest BCUT2D eigenvalue weighted by atomic mass is 10.2. The lowest BCUT2D eigenvalue weighted by Gasteiger charge is -2.07. The van der Waals surface area contributed by atoms with Crippen molar-refractivity contribution in [1.82, 2.24) is 0 Å². The number of hydrogen-bond donors (Lipinski definition) is 1. The molecular weight excluding hydrogens is 532 g/mol. The normalized spacial score (nSPS) is 9.85. The number of hydrogen-bond acceptors (Lipinski definition) is 9. The lowest BCUT2D eigenvalue weighted by molar-refractivity contribution is -0.160. The standard InChI is InChI=1S/C20H20O6.C11H12O4/c21-18(24-13-16-7-3-1-4-8-16)11-12-19(22)26-15-20(23)25-14-17-9-5-2-6-10-17;12-10(13)6-7-11(14)15-8-9-4-2-1-3-5-9/h1-10H,11-15H2;1-5H,6-8H2,(H,12,13). The van der Waals surface area contributed by atoms with E-state index in [1.165, 1.54) is 0 Å². The summed E-state index contributed by atoms with van der Waals surface area (Å²) in [5, 5.41) is 8.34. The van der Waals surface area contributed by atoms with Crippen molar-refractivity contribution in [1.29, 1.82) is 0 Å². The molecule has 3 aromatic rings. The number of carboxylic acids is 1. The van der Waals surface area contributed by atoms with Gasteiger partial charge >= 0.3 is 29.8 Å². The molecule has 0 aliphatic rings. The van der Waals surface area contributed by atoms with E-state index in [-0.39, 0.29) is 45.5 Å². The largest absolute Gasteiger partial charge is 0.481 e. The number of benzene rings is 3. The summed E-state index contributed by atoms with van der Waals surface area (Å²) in [7, 11) is 0. The predicted molar refractivity (Wildman–Crippen MR) is 146 cm³/mol. The zero-order valence-corrected chi connectivity index (χ0v) is 22.4. The molecule has 0 amide bonds. The molecule has 10 nitrogen and oxygen atoms in total. The van der Waals surface area contributed by atoms with Gasteiger partial charge in [0, 0.05) is 0 Å². The topological polar surface area (TPSA) is 143 Å². The smallest absolute Gasteiger partial charge is 0.344 e. The number of rotatable bonds is 14. The Hall–Kier alpha value is -4.99. The number of carbonyl (C=O) groups excluding carboxylic acids is 4. The van der Waals surface area contributed by atoms with E-state index in [0.29, 0.717) is 0 Å². The Labute approximate surface area is 237 Å². The molecule has 41 heavy (non-hydrogen) atoms. The maximum Gasteiger partial charge on any atom is 0.344 e. The third-order valence-electron chi connectivity index (χ3n) is 5.16. The zero-order valence-electron chi connectivity index (χ0n) is 22.4. The van der Waals surface area contributed by atoms with Crippen LogP contribution < -0.4 is 0 Å². The van der Waals surface area contributed by atoms with Crippen molar-refractivity contribution >= 4 is 29.8 Å². The molecule has 0 saturated carbocycles. The quantitative estimate of drug-likeness (QED) is 0.221. The van der Waals surface area contributed by atoms with Crippen LogP contribution in [0.15, 0.2) is 91.0 Å². The first-order valence-electron chi connectivity index (χ1n) is 12.8. The summed E-state index contributed by atoms with van der Waals surface area (Å²) >= 11 is 0. The van der Waals surface area contributed by atoms with E-state index in [2.05, 4.69) is 0 Å². The number of carboxylic acid groups (broad SMARTS) is 1. The van der Waals surface area contributed by atoms with Gasteiger partial charge in [-0.2, -0.15) is 0 Å². The highest BCUT2D eigenvalue weighted by Crippen LogP contribution is 2.05. The molecule has 216 valence electrons. The first-order valence-corrected chi connectivity index (χ1v) is 12.8. The summed E-state index contributed by atoms with van der Waals surface area (Å²) in [4.78, 5) is 55.9. The van der Waals surface area contributed by atoms with Crippen LogP contribution in [0.1, 0.15) is 42.4 Å². The van der Waals surface area contributed by atoms with Gasteiger partial charge in [0.25, 0.3) is 0 Å². The Morgan fingerprint density at radius 1 is 0.439 bits per heavy atom. The molecule has 0 aromatic heterocycles. The minimum Gasteiger partial charge on any atom is -0.481 e. The van der Waals surface area contributed by atoms with Crippen LogP contribution >= 0.6 is 0 Å². The van der Waals surface area contributed by atoms with Gasteiger partial charge < -0.3 is 24.1 Å². The van der Waals surface area contributed by atoms with Crippen LogP contribution in [-0.4, -0.2) is 41.6 Å². The van der Waals surface area contributed by atoms with E-state index in [9.17, 15) is 24.0 Å². The third kappa shape index (κ3) is 15.9. The average molecular weight is 565 g/mol. The molecule has 0 aliphatic heterocycles. The van der Waals surface area contributed by atoms with E-state index in [0.717, 1.165) is 16.7 Å². The van der Waals surface area contributed by atoms with Crippen molar-refractivity contribution in [2.75, 3.05) is 6.61 Å². The van der Waals surface area contributed by atoms with Crippen molar-refractivity contribution in [3.05, 3.63) is 108 Å². The molecule has 0 radical (unpaired) electrons. The second kappa shape index (κ2) is 19.1. The SMILES string of the molecule is O=C(CCC(=O)OCc1ccccc1)OCC(=O)OCc1ccccc1.O=C(O)CCC(=O)OCc1ccccc1. The highest BCUT2D eigenvalue weighted by atomic mass is 16.6. The highest BCUT2D eigenvalue weighted by molar-refractivity contribution is 5.80. The summed E-state index contributed by atoms with van der Waals surface area (Å²) in [5.41, 5.74) is 2.60. The Balaban J connectivity index is 0.000000333. The van der Waals surface area contributed by atoms with Crippen molar-refractivity contribution in [2.45, 2.75) is 45.5 Å². The monoisotopic (exact) mass is 564 g/mol. The molecule has 0 unspecified atom stereocenters. The van der Waals surface area contributed by atoms with Gasteiger partial charge in [-0.05, 0) is 16.7 Å². The van der Waals surface area contributed by atoms with Crippen LogP contribution in [0.25, 0.3) is 0 Å². The molecular formula is C31H32O10. The predicted octanol–water partition coefficient (Wildman–Crippen LogP) is 4.39. The minimum absolute atomic E-state index is 0.0812. The van der Waals surface area contributed by atoms with Gasteiger partial charge in [-0.25, -0.2) is 4.79 Å². The lowest BCUT2D eigenvalue weighted by Crippen LogP contribution is -2.17. The van der Waals surface area contributed by atoms with Gasteiger partial charge in [0.2, 0.25) is 0 Å². The molecule has 3 aromatic carbocycles. The molecule has 0 saturated heterocycles. The van der Waals surface area contributed by atoms with Crippen LogP contribution in [0.4, 0.5) is 0 Å². The molecule has 0 spiro atoms. The molecule has 0 bridgehead atoms. The maximum atomic E-state index is 11.6. The summed E-state index contributed by atoms with van der Waals surface area (Å²) in [6.07, 6.45) is -0.528. The molecule has 0 fully saturated rings. The molecule has 10 heteroatoms. The summed E-state index contributed by atoms with van der Waals surface area (Å²) in [5.74, 6) is -3.28. The summed E-state index contributed by atoms with van der Waals surface area (Å²) in [6, 6.07) is 27.6. The number of esters is 4. The zero-order chi connectivity index (χ0) is 29.7. The molecule has 0 heterocycles. The fourth-order valence-electron chi connectivity index (χ4n) is 3.02. The Morgan fingerprint density at radius 3 is 1.12 bits per heavy atom. The van der Waals surface area contributed by atoms with Gasteiger partial charge in [0.05, 0.1) is 25.7 Å². The van der Waals surface area contributed by atoms with Crippen molar-refractivity contribution in [2.24, 2.45) is 0 Å². The Morgan fingerprint density at radius 2 is 0.756 bits per heavy atom. The van der Waals surface area contributed by atoms with Crippen LogP contribution in [0.2, 0.25) is 0 Å². The highest BCUT2D eigenvalue weighted by Gasteiger charge is 2.12. The number of aliphatic carboxylic acids is 1. The molecule has 0 aliphatic carbocycles. The average Bonchev–Trinajstić information content (AvgIpc) is 3.00. The van der Waals surface area contributed by atoms with Crippen LogP contribution in [0.5, 0.6) is 0 Å². The van der Waals surface area contributed by atoms with Gasteiger partial charge in [0.15, 0.2) is 6.61 Å². The number of carbonyl (C=O) groups is 5. The van der Waals surface area contributed by atoms with Crippen molar-refractivity contribution < 1.29 is 48.0 Å². The number of ether oxygens (including phenoxy) is 4. The van der Waals surface area contributed by atoms with Gasteiger partial charge in [-0.3, -0.25) is 19.2 Å². The fraction of sp³-hybridized carbons (Fsp3) is 0.258. The van der Waals surface area contributed by atoms with Gasteiger partial charge in [-0.15, -0.1) is 0 Å². The second-order valence-electron chi connectivity index (χ2n) is 8.49. The van der Waals surface area contributed by atoms with Crippen LogP contribution in [-0.2, 0) is 62.7 Å². The first kappa shape index (κ1) is 32.2. The molecule has 1 N–H and O–H groups in total.